The Labute approximate surface area is 120 Å². The first-order chi connectivity index (χ1) is 8.02. The number of hydrogen-bond donors (Lipinski definition) is 0. The lowest BCUT2D eigenvalue weighted by atomic mass is 9.90. The van der Waals surface area contributed by atoms with E-state index in [1.807, 2.05) is 0 Å². The molecule has 0 nitrogen and oxygen atoms in total. The Morgan fingerprint density at radius 2 is 1.94 bits per heavy atom. The summed E-state index contributed by atoms with van der Waals surface area (Å²) in [4.78, 5) is 0. The Morgan fingerprint density at radius 1 is 1.24 bits per heavy atom. The topological polar surface area (TPSA) is 0 Å². The number of benzene rings is 1. The molecule has 0 radical (unpaired) electrons. The molecule has 1 heterocycles. The van der Waals surface area contributed by atoms with E-state index in [9.17, 15) is 0 Å². The van der Waals surface area contributed by atoms with Gasteiger partial charge < -0.3 is 0 Å². The maximum atomic E-state index is 6.62. The number of halogens is 2. The molecule has 1 aromatic carbocycles. The van der Waals surface area contributed by atoms with Crippen molar-refractivity contribution >= 4 is 49.0 Å². The molecular formula is C14H16BrClS. The first kappa shape index (κ1) is 13.4. The van der Waals surface area contributed by atoms with Crippen molar-refractivity contribution in [2.45, 2.75) is 26.1 Å². The zero-order chi connectivity index (χ0) is 12.6. The average Bonchev–Trinajstić information content (AvgIpc) is 2.72. The predicted octanol–water partition coefficient (Wildman–Crippen LogP) is 6.24. The summed E-state index contributed by atoms with van der Waals surface area (Å²) in [5.74, 6) is 1.08. The molecule has 2 unspecified atom stereocenters. The molecule has 2 aromatic rings. The van der Waals surface area contributed by atoms with Gasteiger partial charge in [-0.2, -0.15) is 0 Å². The van der Waals surface area contributed by atoms with Gasteiger partial charge in [0, 0.05) is 9.17 Å². The van der Waals surface area contributed by atoms with Crippen molar-refractivity contribution in [2.24, 2.45) is 11.8 Å². The minimum atomic E-state index is 0.0954. The summed E-state index contributed by atoms with van der Waals surface area (Å²) in [6.45, 7) is 6.68. The summed E-state index contributed by atoms with van der Waals surface area (Å²) in [7, 11) is 0. The summed E-state index contributed by atoms with van der Waals surface area (Å²) in [5, 5.41) is 3.58. The second-order valence-corrected chi connectivity index (χ2v) is 7.02. The van der Waals surface area contributed by atoms with Crippen molar-refractivity contribution in [3.63, 3.8) is 0 Å². The largest absolute Gasteiger partial charge is 0.142 e. The van der Waals surface area contributed by atoms with Gasteiger partial charge in [-0.1, -0.05) is 32.9 Å². The van der Waals surface area contributed by atoms with Gasteiger partial charge in [-0.3, -0.25) is 0 Å². The maximum Gasteiger partial charge on any atom is 0.0627 e. The van der Waals surface area contributed by atoms with Gasteiger partial charge in [0.1, 0.15) is 0 Å². The van der Waals surface area contributed by atoms with Gasteiger partial charge in [-0.05, 0) is 50.2 Å². The summed E-state index contributed by atoms with van der Waals surface area (Å²) in [6, 6.07) is 6.32. The molecule has 0 N–H and O–H groups in total. The van der Waals surface area contributed by atoms with Crippen LogP contribution in [0.2, 0.25) is 0 Å². The molecule has 3 heteroatoms. The Kier molecular flexibility index (Phi) is 4.17. The minimum Gasteiger partial charge on any atom is -0.142 e. The summed E-state index contributed by atoms with van der Waals surface area (Å²) in [5.41, 5.74) is 1.27. The molecule has 0 spiro atoms. The normalized spacial score (nSPS) is 15.4. The van der Waals surface area contributed by atoms with Gasteiger partial charge in [-0.25, -0.2) is 0 Å². The SMILES string of the molecule is CC(C)C(C)C(Cl)c1csc2c(Br)cccc12. The van der Waals surface area contributed by atoms with Crippen LogP contribution in [0.4, 0.5) is 0 Å². The summed E-state index contributed by atoms with van der Waals surface area (Å²) in [6.07, 6.45) is 0. The predicted molar refractivity (Wildman–Crippen MR) is 82.1 cm³/mol. The van der Waals surface area contributed by atoms with Crippen LogP contribution < -0.4 is 0 Å². The second-order valence-electron chi connectivity index (χ2n) is 4.81. The number of rotatable bonds is 3. The molecular weight excluding hydrogens is 316 g/mol. The Hall–Kier alpha value is -0.0500. The molecule has 0 saturated carbocycles. The number of fused-ring (bicyclic) bond motifs is 1. The van der Waals surface area contributed by atoms with E-state index in [2.05, 4.69) is 60.3 Å². The highest BCUT2D eigenvalue weighted by molar-refractivity contribution is 9.10. The Balaban J connectivity index is 2.46. The molecule has 92 valence electrons. The Morgan fingerprint density at radius 3 is 2.59 bits per heavy atom. The van der Waals surface area contributed by atoms with E-state index in [0.29, 0.717) is 11.8 Å². The number of alkyl halides is 1. The van der Waals surface area contributed by atoms with E-state index in [1.165, 1.54) is 15.6 Å². The fourth-order valence-corrected chi connectivity index (χ4v) is 4.08. The van der Waals surface area contributed by atoms with Gasteiger partial charge >= 0.3 is 0 Å². The zero-order valence-corrected chi connectivity index (χ0v) is 13.4. The first-order valence-corrected chi connectivity index (χ1v) is 7.93. The fourth-order valence-electron chi connectivity index (χ4n) is 1.88. The standard InChI is InChI=1S/C14H16BrClS/c1-8(2)9(3)13(16)11-7-17-14-10(11)5-4-6-12(14)15/h4-9,13H,1-3H3. The van der Waals surface area contributed by atoms with Crippen molar-refractivity contribution in [3.05, 3.63) is 33.6 Å². The summed E-state index contributed by atoms with van der Waals surface area (Å²) < 4.78 is 2.46. The van der Waals surface area contributed by atoms with Crippen LogP contribution >= 0.6 is 38.9 Å². The lowest BCUT2D eigenvalue weighted by Crippen LogP contribution is -2.10. The molecule has 2 atom stereocenters. The molecule has 0 bridgehead atoms. The van der Waals surface area contributed by atoms with E-state index in [1.54, 1.807) is 11.3 Å². The molecule has 0 fully saturated rings. The van der Waals surface area contributed by atoms with Gasteiger partial charge in [0.25, 0.3) is 0 Å². The van der Waals surface area contributed by atoms with Crippen LogP contribution in [-0.4, -0.2) is 0 Å². The van der Waals surface area contributed by atoms with Crippen molar-refractivity contribution in [3.8, 4) is 0 Å². The van der Waals surface area contributed by atoms with Crippen LogP contribution in [-0.2, 0) is 0 Å². The molecule has 17 heavy (non-hydrogen) atoms. The van der Waals surface area contributed by atoms with Crippen molar-refractivity contribution in [1.29, 1.82) is 0 Å². The van der Waals surface area contributed by atoms with Crippen LogP contribution in [0.15, 0.2) is 28.1 Å². The first-order valence-electron chi connectivity index (χ1n) is 5.82. The molecule has 0 saturated heterocycles. The third kappa shape index (κ3) is 2.54. The van der Waals surface area contributed by atoms with Crippen LogP contribution in [0, 0.1) is 11.8 Å². The highest BCUT2D eigenvalue weighted by atomic mass is 79.9. The van der Waals surface area contributed by atoms with E-state index in [-0.39, 0.29) is 5.38 Å². The van der Waals surface area contributed by atoms with E-state index in [0.717, 1.165) is 4.47 Å². The highest BCUT2D eigenvalue weighted by Crippen LogP contribution is 2.41. The summed E-state index contributed by atoms with van der Waals surface area (Å²) >= 11 is 12.0. The minimum absolute atomic E-state index is 0.0954. The molecule has 2 rings (SSSR count). The van der Waals surface area contributed by atoms with Crippen molar-refractivity contribution in [2.75, 3.05) is 0 Å². The lowest BCUT2D eigenvalue weighted by molar-refractivity contribution is 0.407. The zero-order valence-electron chi connectivity index (χ0n) is 10.2. The third-order valence-corrected chi connectivity index (χ3v) is 6.00. The highest BCUT2D eigenvalue weighted by Gasteiger charge is 2.22. The Bertz CT molecular complexity index is 518. The maximum absolute atomic E-state index is 6.62. The quantitative estimate of drug-likeness (QED) is 0.584. The van der Waals surface area contributed by atoms with Crippen LogP contribution in [0.5, 0.6) is 0 Å². The monoisotopic (exact) mass is 330 g/mol. The van der Waals surface area contributed by atoms with Gasteiger partial charge in [0.05, 0.1) is 5.38 Å². The number of thiophene rings is 1. The lowest BCUT2D eigenvalue weighted by Gasteiger charge is -2.21. The fraction of sp³-hybridized carbons (Fsp3) is 0.429. The van der Waals surface area contributed by atoms with Crippen LogP contribution in [0.25, 0.3) is 10.1 Å². The van der Waals surface area contributed by atoms with Crippen molar-refractivity contribution < 1.29 is 0 Å². The molecule has 0 aliphatic carbocycles. The third-order valence-electron chi connectivity index (χ3n) is 3.39. The molecule has 0 amide bonds. The molecule has 0 aliphatic heterocycles. The average molecular weight is 332 g/mol. The van der Waals surface area contributed by atoms with Gasteiger partial charge in [-0.15, -0.1) is 22.9 Å². The second kappa shape index (κ2) is 5.29. The van der Waals surface area contributed by atoms with E-state index in [4.69, 9.17) is 11.6 Å². The van der Waals surface area contributed by atoms with E-state index < -0.39 is 0 Å². The van der Waals surface area contributed by atoms with Gasteiger partial charge in [0.2, 0.25) is 0 Å². The van der Waals surface area contributed by atoms with Crippen molar-refractivity contribution in [1.82, 2.24) is 0 Å². The number of hydrogen-bond acceptors (Lipinski definition) is 1. The van der Waals surface area contributed by atoms with Gasteiger partial charge in [0.15, 0.2) is 0 Å². The molecule has 1 aromatic heterocycles. The smallest absolute Gasteiger partial charge is 0.0627 e. The molecule has 0 aliphatic rings. The van der Waals surface area contributed by atoms with Crippen LogP contribution in [0.3, 0.4) is 0 Å². The van der Waals surface area contributed by atoms with Crippen LogP contribution in [0.1, 0.15) is 31.7 Å². The van der Waals surface area contributed by atoms with E-state index >= 15 is 0 Å².